The minimum absolute atomic E-state index is 0.0733. The summed E-state index contributed by atoms with van der Waals surface area (Å²) in [6.07, 6.45) is 0.656. The minimum atomic E-state index is -0.648. The molecule has 0 bridgehead atoms. The summed E-state index contributed by atoms with van der Waals surface area (Å²) in [7, 11) is 0. The Morgan fingerprint density at radius 3 is 2.69 bits per heavy atom. The number of carbonyl (C=O) groups excluding carboxylic acids is 4. The lowest BCUT2D eigenvalue weighted by Gasteiger charge is -2.36. The first-order chi connectivity index (χ1) is 13.9. The smallest absolute Gasteiger partial charge is 0.302 e. The molecule has 1 aromatic carbocycles. The summed E-state index contributed by atoms with van der Waals surface area (Å²) >= 11 is 1.28. The van der Waals surface area contributed by atoms with Gasteiger partial charge >= 0.3 is 5.97 Å². The average Bonchev–Trinajstić information content (AvgIpc) is 3.17. The predicted octanol–water partition coefficient (Wildman–Crippen LogP) is 0.583. The zero-order valence-electron chi connectivity index (χ0n) is 16.1. The van der Waals surface area contributed by atoms with E-state index in [1.807, 2.05) is 30.3 Å². The summed E-state index contributed by atoms with van der Waals surface area (Å²) in [6, 6.07) is 8.63. The third kappa shape index (κ3) is 6.04. The Morgan fingerprint density at radius 2 is 2.00 bits per heavy atom. The van der Waals surface area contributed by atoms with Gasteiger partial charge in [-0.15, -0.1) is 11.8 Å². The quantitative estimate of drug-likeness (QED) is 0.444. The van der Waals surface area contributed by atoms with Gasteiger partial charge < -0.3 is 20.1 Å². The first kappa shape index (κ1) is 21.3. The maximum Gasteiger partial charge on any atom is 0.302 e. The first-order valence-electron chi connectivity index (χ1n) is 9.49. The Balaban J connectivity index is 1.40. The maximum absolute atomic E-state index is 12.4. The second kappa shape index (κ2) is 9.89. The monoisotopic (exact) mass is 420 g/mol. The van der Waals surface area contributed by atoms with Crippen LogP contribution in [0.3, 0.4) is 0 Å². The van der Waals surface area contributed by atoms with Crippen molar-refractivity contribution in [3.63, 3.8) is 0 Å². The molecule has 0 radical (unpaired) electrons. The standard InChI is InChI=1S/C20H24N2O6S/c1-12(23)27-10-14-7-8-16(28-14)15(24)11-29-20-18(19(26)22-20)21-17(25)9-13-5-3-2-4-6-13/h2-6,14,16,18,20H,7-11H2,1H3,(H,21,25)(H,22,26)/t14?,16?,18-,20-/m1/s1. The van der Waals surface area contributed by atoms with Crippen molar-refractivity contribution in [3.8, 4) is 0 Å². The van der Waals surface area contributed by atoms with Crippen LogP contribution in [0.2, 0.25) is 0 Å². The Morgan fingerprint density at radius 1 is 1.24 bits per heavy atom. The molecule has 0 spiro atoms. The van der Waals surface area contributed by atoms with Crippen LogP contribution in [0.4, 0.5) is 0 Å². The molecule has 156 valence electrons. The molecule has 2 fully saturated rings. The number of benzene rings is 1. The van der Waals surface area contributed by atoms with Crippen LogP contribution in [0.1, 0.15) is 25.3 Å². The molecule has 0 aliphatic carbocycles. The maximum atomic E-state index is 12.4. The second-order valence-electron chi connectivity index (χ2n) is 7.04. The Bertz CT molecular complexity index is 771. The summed E-state index contributed by atoms with van der Waals surface area (Å²) in [5.41, 5.74) is 0.866. The van der Waals surface area contributed by atoms with Gasteiger partial charge in [0.2, 0.25) is 11.8 Å². The zero-order valence-corrected chi connectivity index (χ0v) is 16.9. The van der Waals surface area contributed by atoms with Crippen molar-refractivity contribution in [1.82, 2.24) is 10.6 Å². The van der Waals surface area contributed by atoms with Crippen molar-refractivity contribution in [2.24, 2.45) is 0 Å². The average molecular weight is 420 g/mol. The van der Waals surface area contributed by atoms with Gasteiger partial charge in [-0.25, -0.2) is 0 Å². The van der Waals surface area contributed by atoms with Crippen LogP contribution >= 0.6 is 11.8 Å². The summed E-state index contributed by atoms with van der Waals surface area (Å²) in [4.78, 5) is 47.2. The first-order valence-corrected chi connectivity index (χ1v) is 10.5. The van der Waals surface area contributed by atoms with Gasteiger partial charge in [-0.3, -0.25) is 19.2 Å². The van der Waals surface area contributed by atoms with E-state index in [0.717, 1.165) is 5.56 Å². The fraction of sp³-hybridized carbons (Fsp3) is 0.500. The van der Waals surface area contributed by atoms with Gasteiger partial charge in [-0.05, 0) is 18.4 Å². The molecular weight excluding hydrogens is 396 g/mol. The lowest BCUT2D eigenvalue weighted by molar-refractivity contribution is -0.145. The summed E-state index contributed by atoms with van der Waals surface area (Å²) in [5, 5.41) is 5.09. The number of β-lactam (4-membered cyclic amide) rings is 1. The molecule has 2 aliphatic heterocycles. The van der Waals surface area contributed by atoms with Gasteiger partial charge in [0.05, 0.1) is 18.3 Å². The normalized spacial score (nSPS) is 25.6. The summed E-state index contributed by atoms with van der Waals surface area (Å²) in [5.74, 6) is -0.771. The predicted molar refractivity (Wildman–Crippen MR) is 106 cm³/mol. The van der Waals surface area contributed by atoms with E-state index >= 15 is 0 Å². The van der Waals surface area contributed by atoms with E-state index in [1.165, 1.54) is 18.7 Å². The molecule has 2 N–H and O–H groups in total. The molecule has 2 aliphatic rings. The van der Waals surface area contributed by atoms with E-state index in [0.29, 0.717) is 12.8 Å². The molecule has 2 unspecified atom stereocenters. The number of hydrogen-bond acceptors (Lipinski definition) is 7. The third-order valence-electron chi connectivity index (χ3n) is 4.74. The number of ether oxygens (including phenoxy) is 2. The van der Waals surface area contributed by atoms with Crippen LogP contribution in [0, 0.1) is 0 Å². The second-order valence-corrected chi connectivity index (χ2v) is 8.17. The van der Waals surface area contributed by atoms with Crippen molar-refractivity contribution >= 4 is 35.3 Å². The highest BCUT2D eigenvalue weighted by Gasteiger charge is 2.41. The van der Waals surface area contributed by atoms with E-state index in [2.05, 4.69) is 10.6 Å². The van der Waals surface area contributed by atoms with Crippen molar-refractivity contribution in [3.05, 3.63) is 35.9 Å². The highest BCUT2D eigenvalue weighted by atomic mass is 32.2. The lowest BCUT2D eigenvalue weighted by Crippen LogP contribution is -2.68. The molecule has 0 aromatic heterocycles. The van der Waals surface area contributed by atoms with Crippen molar-refractivity contribution in [1.29, 1.82) is 0 Å². The molecule has 4 atom stereocenters. The van der Waals surface area contributed by atoms with E-state index in [9.17, 15) is 19.2 Å². The van der Waals surface area contributed by atoms with E-state index in [4.69, 9.17) is 9.47 Å². The lowest BCUT2D eigenvalue weighted by atomic mass is 10.1. The number of esters is 1. The summed E-state index contributed by atoms with van der Waals surface area (Å²) < 4.78 is 10.6. The Labute approximate surface area is 173 Å². The van der Waals surface area contributed by atoms with Crippen LogP contribution in [0.15, 0.2) is 30.3 Å². The van der Waals surface area contributed by atoms with Crippen molar-refractivity contribution < 1.29 is 28.7 Å². The zero-order chi connectivity index (χ0) is 20.8. The van der Waals surface area contributed by atoms with Gasteiger partial charge in [-0.1, -0.05) is 30.3 Å². The summed E-state index contributed by atoms with van der Waals surface area (Å²) in [6.45, 7) is 1.48. The number of nitrogens with one attached hydrogen (secondary N) is 2. The van der Waals surface area contributed by atoms with Crippen LogP contribution in [0.25, 0.3) is 0 Å². The van der Waals surface area contributed by atoms with E-state index < -0.39 is 12.1 Å². The van der Waals surface area contributed by atoms with Gasteiger partial charge in [0.15, 0.2) is 5.78 Å². The molecule has 2 saturated heterocycles. The number of thioether (sulfide) groups is 1. The van der Waals surface area contributed by atoms with E-state index in [1.54, 1.807) is 0 Å². The molecule has 29 heavy (non-hydrogen) atoms. The van der Waals surface area contributed by atoms with Gasteiger partial charge in [0.1, 0.15) is 24.1 Å². The largest absolute Gasteiger partial charge is 0.463 e. The topological polar surface area (TPSA) is 111 Å². The van der Waals surface area contributed by atoms with Gasteiger partial charge in [-0.2, -0.15) is 0 Å². The highest BCUT2D eigenvalue weighted by molar-refractivity contribution is 8.00. The number of rotatable bonds is 9. The molecule has 2 amide bonds. The Hall–Kier alpha value is -2.39. The van der Waals surface area contributed by atoms with Gasteiger partial charge in [0.25, 0.3) is 0 Å². The molecule has 8 nitrogen and oxygen atoms in total. The van der Waals surface area contributed by atoms with Crippen molar-refractivity contribution in [2.75, 3.05) is 12.4 Å². The molecule has 0 saturated carbocycles. The molecule has 1 aromatic rings. The van der Waals surface area contributed by atoms with Gasteiger partial charge in [0, 0.05) is 6.92 Å². The Kier molecular flexibility index (Phi) is 7.27. The third-order valence-corrected chi connectivity index (χ3v) is 5.94. The number of ketones is 1. The number of carbonyl (C=O) groups is 4. The molecule has 3 rings (SSSR count). The van der Waals surface area contributed by atoms with E-state index in [-0.39, 0.29) is 53.8 Å². The van der Waals surface area contributed by atoms with Crippen LogP contribution in [0.5, 0.6) is 0 Å². The minimum Gasteiger partial charge on any atom is -0.463 e. The van der Waals surface area contributed by atoms with Crippen molar-refractivity contribution in [2.45, 2.75) is 49.8 Å². The highest BCUT2D eigenvalue weighted by Crippen LogP contribution is 2.25. The van der Waals surface area contributed by atoms with Crippen LogP contribution in [-0.4, -0.2) is 59.6 Å². The molecular formula is C20H24N2O6S. The molecule has 9 heteroatoms. The fourth-order valence-electron chi connectivity index (χ4n) is 3.18. The number of amides is 2. The SMILES string of the molecule is CC(=O)OCC1CCC(C(=O)CS[C@H]2NC(=O)[C@H]2NC(=O)Cc2ccccc2)O1. The number of hydrogen-bond donors (Lipinski definition) is 2. The molecule has 2 heterocycles. The fourth-order valence-corrected chi connectivity index (χ4v) is 4.29. The number of Topliss-reactive ketones (excluding diaryl/α,β-unsaturated/α-hetero) is 1. The van der Waals surface area contributed by atoms with Crippen LogP contribution < -0.4 is 10.6 Å². The van der Waals surface area contributed by atoms with Crippen LogP contribution in [-0.2, 0) is 35.1 Å².